The maximum Gasteiger partial charge on any atom is 0.243 e. The quantitative estimate of drug-likeness (QED) is 0.639. The molecule has 1 aliphatic carbocycles. The standard InChI is InChI=1S/C14H26N4O2S/c1-3-14(6-7-14)12-17-21(19,20)13-10-16-18(11-13)9-5-8-15-4-2/h10-11,15,17H,3-9,12H2,1-2H3. The number of sulfonamides is 1. The number of aryl methyl sites for hydroxylation is 1. The zero-order chi connectivity index (χ0) is 15.3. The molecular formula is C14H26N4O2S. The van der Waals surface area contributed by atoms with Gasteiger partial charge in [0.2, 0.25) is 10.0 Å². The van der Waals surface area contributed by atoms with Crippen molar-refractivity contribution in [1.82, 2.24) is 19.8 Å². The Morgan fingerprint density at radius 1 is 1.38 bits per heavy atom. The van der Waals surface area contributed by atoms with Gasteiger partial charge in [0.1, 0.15) is 4.90 Å². The van der Waals surface area contributed by atoms with E-state index in [1.807, 2.05) is 0 Å². The number of nitrogens with one attached hydrogen (secondary N) is 2. The number of nitrogens with zero attached hydrogens (tertiary/aromatic N) is 2. The SMILES string of the molecule is CCNCCCn1cc(S(=O)(=O)NCC2(CC)CC2)cn1. The van der Waals surface area contributed by atoms with Crippen LogP contribution in [0.5, 0.6) is 0 Å². The van der Waals surface area contributed by atoms with Gasteiger partial charge < -0.3 is 5.32 Å². The highest BCUT2D eigenvalue weighted by Crippen LogP contribution is 2.48. The molecule has 1 saturated carbocycles. The summed E-state index contributed by atoms with van der Waals surface area (Å²) >= 11 is 0. The molecule has 2 rings (SSSR count). The molecule has 21 heavy (non-hydrogen) atoms. The van der Waals surface area contributed by atoms with Crippen molar-refractivity contribution < 1.29 is 8.42 Å². The van der Waals surface area contributed by atoms with Crippen molar-refractivity contribution in [2.75, 3.05) is 19.6 Å². The molecule has 0 radical (unpaired) electrons. The molecule has 1 heterocycles. The van der Waals surface area contributed by atoms with Crippen LogP contribution in [0, 0.1) is 5.41 Å². The third-order valence-corrected chi connectivity index (χ3v) is 5.61. The van der Waals surface area contributed by atoms with Gasteiger partial charge in [0, 0.05) is 19.3 Å². The number of hydrogen-bond donors (Lipinski definition) is 2. The van der Waals surface area contributed by atoms with Gasteiger partial charge in [-0.1, -0.05) is 13.8 Å². The van der Waals surface area contributed by atoms with Crippen LogP contribution in [0.25, 0.3) is 0 Å². The van der Waals surface area contributed by atoms with E-state index in [2.05, 4.69) is 29.0 Å². The molecule has 6 nitrogen and oxygen atoms in total. The zero-order valence-corrected chi connectivity index (χ0v) is 13.7. The smallest absolute Gasteiger partial charge is 0.243 e. The highest BCUT2D eigenvalue weighted by molar-refractivity contribution is 7.89. The molecule has 1 fully saturated rings. The largest absolute Gasteiger partial charge is 0.317 e. The fourth-order valence-corrected chi connectivity index (χ4v) is 3.42. The molecule has 0 atom stereocenters. The maximum absolute atomic E-state index is 12.2. The Morgan fingerprint density at radius 3 is 2.76 bits per heavy atom. The first-order chi connectivity index (χ1) is 10.0. The highest BCUT2D eigenvalue weighted by atomic mass is 32.2. The minimum Gasteiger partial charge on any atom is -0.317 e. The summed E-state index contributed by atoms with van der Waals surface area (Å²) in [5.74, 6) is 0. The van der Waals surface area contributed by atoms with Gasteiger partial charge in [-0.05, 0) is 44.2 Å². The van der Waals surface area contributed by atoms with Crippen molar-refractivity contribution in [3.05, 3.63) is 12.4 Å². The summed E-state index contributed by atoms with van der Waals surface area (Å²) in [6.07, 6.45) is 7.24. The van der Waals surface area contributed by atoms with Crippen LogP contribution in [0.15, 0.2) is 17.3 Å². The van der Waals surface area contributed by atoms with Crippen LogP contribution in [-0.4, -0.2) is 37.8 Å². The molecule has 0 spiro atoms. The Bertz CT molecular complexity index is 549. The third-order valence-electron chi connectivity index (χ3n) is 4.25. The van der Waals surface area contributed by atoms with Gasteiger partial charge in [-0.2, -0.15) is 5.10 Å². The summed E-state index contributed by atoms with van der Waals surface area (Å²) in [6.45, 7) is 7.30. The average molecular weight is 314 g/mol. The van der Waals surface area contributed by atoms with E-state index >= 15 is 0 Å². The Kier molecular flexibility index (Phi) is 5.40. The molecule has 1 aliphatic rings. The normalized spacial score (nSPS) is 17.0. The average Bonchev–Trinajstić information content (AvgIpc) is 3.10. The lowest BCUT2D eigenvalue weighted by molar-refractivity contribution is 0.475. The van der Waals surface area contributed by atoms with E-state index < -0.39 is 10.0 Å². The molecule has 1 aromatic heterocycles. The molecule has 0 amide bonds. The van der Waals surface area contributed by atoms with Crippen LogP contribution in [0.2, 0.25) is 0 Å². The molecule has 0 bridgehead atoms. The summed E-state index contributed by atoms with van der Waals surface area (Å²) in [6, 6.07) is 0. The predicted molar refractivity (Wildman–Crippen MR) is 82.5 cm³/mol. The van der Waals surface area contributed by atoms with E-state index in [1.165, 1.54) is 6.20 Å². The molecule has 0 saturated heterocycles. The fraction of sp³-hybridized carbons (Fsp3) is 0.786. The van der Waals surface area contributed by atoms with Crippen LogP contribution < -0.4 is 10.0 Å². The monoisotopic (exact) mass is 314 g/mol. The summed E-state index contributed by atoms with van der Waals surface area (Å²) < 4.78 is 28.9. The fourth-order valence-electron chi connectivity index (χ4n) is 2.31. The lowest BCUT2D eigenvalue weighted by Gasteiger charge is -2.12. The second kappa shape index (κ2) is 6.89. The number of rotatable bonds is 10. The van der Waals surface area contributed by atoms with Gasteiger partial charge in [0.05, 0.1) is 6.20 Å². The van der Waals surface area contributed by atoms with Crippen molar-refractivity contribution in [2.45, 2.75) is 51.0 Å². The Balaban J connectivity index is 1.86. The number of hydrogen-bond acceptors (Lipinski definition) is 4. The summed E-state index contributed by atoms with van der Waals surface area (Å²) in [4.78, 5) is 0.262. The van der Waals surface area contributed by atoms with E-state index in [0.29, 0.717) is 6.54 Å². The van der Waals surface area contributed by atoms with E-state index in [-0.39, 0.29) is 10.3 Å². The van der Waals surface area contributed by atoms with Gasteiger partial charge in [-0.15, -0.1) is 0 Å². The predicted octanol–water partition coefficient (Wildman–Crippen LogP) is 1.35. The second-order valence-corrected chi connectivity index (χ2v) is 7.59. The van der Waals surface area contributed by atoms with Crippen LogP contribution >= 0.6 is 0 Å². The lowest BCUT2D eigenvalue weighted by Crippen LogP contribution is -2.29. The molecule has 120 valence electrons. The highest BCUT2D eigenvalue weighted by Gasteiger charge is 2.41. The first-order valence-corrected chi connectivity index (χ1v) is 9.22. The Morgan fingerprint density at radius 2 is 2.14 bits per heavy atom. The van der Waals surface area contributed by atoms with E-state index in [1.54, 1.807) is 10.9 Å². The molecule has 0 aromatic carbocycles. The first-order valence-electron chi connectivity index (χ1n) is 7.74. The van der Waals surface area contributed by atoms with Crippen LogP contribution in [0.4, 0.5) is 0 Å². The van der Waals surface area contributed by atoms with Gasteiger partial charge in [0.15, 0.2) is 0 Å². The number of aromatic nitrogens is 2. The van der Waals surface area contributed by atoms with E-state index in [4.69, 9.17) is 0 Å². The lowest BCUT2D eigenvalue weighted by atomic mass is 10.1. The van der Waals surface area contributed by atoms with E-state index in [9.17, 15) is 8.42 Å². The second-order valence-electron chi connectivity index (χ2n) is 5.82. The van der Waals surface area contributed by atoms with Crippen molar-refractivity contribution in [1.29, 1.82) is 0 Å². The van der Waals surface area contributed by atoms with Gasteiger partial charge >= 0.3 is 0 Å². The third kappa shape index (κ3) is 4.52. The van der Waals surface area contributed by atoms with Gasteiger partial charge in [0.25, 0.3) is 0 Å². The van der Waals surface area contributed by atoms with Crippen molar-refractivity contribution >= 4 is 10.0 Å². The zero-order valence-electron chi connectivity index (χ0n) is 12.9. The van der Waals surface area contributed by atoms with Crippen LogP contribution in [-0.2, 0) is 16.6 Å². The minimum absolute atomic E-state index is 0.203. The van der Waals surface area contributed by atoms with Crippen molar-refractivity contribution in [3.8, 4) is 0 Å². The van der Waals surface area contributed by atoms with Crippen LogP contribution in [0.3, 0.4) is 0 Å². The molecule has 1 aromatic rings. The Labute approximate surface area is 127 Å². The van der Waals surface area contributed by atoms with E-state index in [0.717, 1.165) is 45.3 Å². The topological polar surface area (TPSA) is 76.0 Å². The van der Waals surface area contributed by atoms with Crippen LogP contribution in [0.1, 0.15) is 39.5 Å². The summed E-state index contributed by atoms with van der Waals surface area (Å²) in [7, 11) is -3.43. The summed E-state index contributed by atoms with van der Waals surface area (Å²) in [5, 5.41) is 7.36. The first kappa shape index (κ1) is 16.5. The van der Waals surface area contributed by atoms with Gasteiger partial charge in [-0.3, -0.25) is 4.68 Å². The molecule has 2 N–H and O–H groups in total. The van der Waals surface area contributed by atoms with Crippen molar-refractivity contribution in [2.24, 2.45) is 5.41 Å². The van der Waals surface area contributed by atoms with Crippen molar-refractivity contribution in [3.63, 3.8) is 0 Å². The molecule has 0 aliphatic heterocycles. The molecule has 0 unspecified atom stereocenters. The maximum atomic E-state index is 12.2. The van der Waals surface area contributed by atoms with Gasteiger partial charge in [-0.25, -0.2) is 13.1 Å². The molecular weight excluding hydrogens is 288 g/mol. The minimum atomic E-state index is -3.43. The molecule has 7 heteroatoms. The Hall–Kier alpha value is -0.920. The summed E-state index contributed by atoms with van der Waals surface area (Å²) in [5.41, 5.74) is 0.203.